The summed E-state index contributed by atoms with van der Waals surface area (Å²) in [5.74, 6) is 1.17. The molecule has 2 aromatic heterocycles. The van der Waals surface area contributed by atoms with E-state index in [-0.39, 0.29) is 0 Å². The van der Waals surface area contributed by atoms with Crippen molar-refractivity contribution >= 4 is 18.0 Å². The lowest BCUT2D eigenvalue weighted by atomic mass is 9.89. The van der Waals surface area contributed by atoms with Crippen molar-refractivity contribution in [3.05, 3.63) is 72.9 Å². The van der Waals surface area contributed by atoms with Crippen molar-refractivity contribution in [2.24, 2.45) is 0 Å². The molecule has 0 aliphatic carbocycles. The van der Waals surface area contributed by atoms with Gasteiger partial charge in [-0.2, -0.15) is 5.10 Å². The maximum absolute atomic E-state index is 10.1. The number of para-hydroxylation sites is 1. The van der Waals surface area contributed by atoms with Gasteiger partial charge in [-0.15, -0.1) is 0 Å². The second-order valence-electron chi connectivity index (χ2n) is 5.75. The zero-order valence-corrected chi connectivity index (χ0v) is 17.7. The zero-order chi connectivity index (χ0) is 21.2. The number of pyridine rings is 1. The summed E-state index contributed by atoms with van der Waals surface area (Å²) in [6.45, 7) is 9.68. The van der Waals surface area contributed by atoms with Crippen LogP contribution in [0.5, 0.6) is 11.6 Å². The molecule has 0 amide bonds. The topological polar surface area (TPSA) is 60.2 Å². The molecule has 0 saturated carbocycles. The minimum Gasteiger partial charge on any atom is -0.439 e. The van der Waals surface area contributed by atoms with Crippen LogP contribution in [0.4, 0.5) is 0 Å². The highest BCUT2D eigenvalue weighted by molar-refractivity contribution is 6.48. The molecule has 5 nitrogen and oxygen atoms in total. The number of hydrogen-bond acceptors (Lipinski definition) is 4. The van der Waals surface area contributed by atoms with E-state index in [1.807, 2.05) is 88.4 Å². The first-order valence-corrected chi connectivity index (χ1v) is 10.1. The molecule has 0 saturated heterocycles. The summed E-state index contributed by atoms with van der Waals surface area (Å²) in [6.07, 6.45) is 1.74. The van der Waals surface area contributed by atoms with Crippen LogP contribution in [0.2, 0.25) is 6.82 Å². The first-order chi connectivity index (χ1) is 14.2. The maximum atomic E-state index is 10.1. The fourth-order valence-electron chi connectivity index (χ4n) is 2.77. The zero-order valence-electron chi connectivity index (χ0n) is 17.7. The number of ether oxygens (including phenoxy) is 1. The van der Waals surface area contributed by atoms with Crippen LogP contribution in [-0.2, 0) is 0 Å². The van der Waals surface area contributed by atoms with E-state index in [9.17, 15) is 5.02 Å². The van der Waals surface area contributed by atoms with Crippen LogP contribution >= 0.6 is 0 Å². The van der Waals surface area contributed by atoms with E-state index in [4.69, 9.17) is 4.74 Å². The monoisotopic (exact) mass is 389 g/mol. The summed E-state index contributed by atoms with van der Waals surface area (Å²) in [6, 6.07) is 21.1. The number of benzene rings is 2. The summed E-state index contributed by atoms with van der Waals surface area (Å²) in [4.78, 5) is 4.40. The Labute approximate surface area is 173 Å². The molecule has 29 heavy (non-hydrogen) atoms. The molecule has 150 valence electrons. The third-order valence-corrected chi connectivity index (χ3v) is 3.93. The summed E-state index contributed by atoms with van der Waals surface area (Å²) in [7, 11) is -0.757. The van der Waals surface area contributed by atoms with Crippen molar-refractivity contribution in [2.45, 2.75) is 34.5 Å². The Morgan fingerprint density at radius 1 is 0.897 bits per heavy atom. The average molecular weight is 389 g/mol. The highest BCUT2D eigenvalue weighted by Gasteiger charge is 2.18. The summed E-state index contributed by atoms with van der Waals surface area (Å²) < 4.78 is 7.38. The smallest absolute Gasteiger partial charge is 0.431 e. The SMILES string of the molecule is CB(O)n1nc(-c2ccccc2)c2cnc(Oc3ccccc3)cc21.CC.CC. The van der Waals surface area contributed by atoms with Crippen LogP contribution in [0.3, 0.4) is 0 Å². The third-order valence-electron chi connectivity index (χ3n) is 3.93. The Kier molecular flexibility index (Phi) is 8.43. The minimum absolute atomic E-state index is 0.458. The number of nitrogens with zero attached hydrogens (tertiary/aromatic N) is 3. The molecule has 2 aromatic carbocycles. The standard InChI is InChI=1S/C19H16BN3O2.2C2H6/c1-20(24)23-17-12-18(25-15-10-6-3-7-11-15)21-13-16(17)19(22-23)14-8-4-2-5-9-14;2*1-2/h2-13,24H,1H3;2*1-2H3. The third kappa shape index (κ3) is 5.24. The van der Waals surface area contributed by atoms with Crippen molar-refractivity contribution < 1.29 is 9.76 Å². The molecule has 2 heterocycles. The van der Waals surface area contributed by atoms with E-state index >= 15 is 0 Å². The van der Waals surface area contributed by atoms with Gasteiger partial charge in [-0.1, -0.05) is 76.2 Å². The van der Waals surface area contributed by atoms with Crippen LogP contribution in [0.25, 0.3) is 22.2 Å². The lowest BCUT2D eigenvalue weighted by Gasteiger charge is -2.06. The van der Waals surface area contributed by atoms with Crippen molar-refractivity contribution in [1.29, 1.82) is 0 Å². The quantitative estimate of drug-likeness (QED) is 0.442. The maximum Gasteiger partial charge on any atom is 0.431 e. The summed E-state index contributed by atoms with van der Waals surface area (Å²) >= 11 is 0. The van der Waals surface area contributed by atoms with E-state index in [2.05, 4.69) is 10.1 Å². The molecule has 4 rings (SSSR count). The Morgan fingerprint density at radius 2 is 1.48 bits per heavy atom. The van der Waals surface area contributed by atoms with E-state index in [1.165, 1.54) is 0 Å². The fraction of sp³-hybridized carbons (Fsp3) is 0.217. The van der Waals surface area contributed by atoms with Crippen molar-refractivity contribution in [1.82, 2.24) is 14.7 Å². The highest BCUT2D eigenvalue weighted by atomic mass is 16.5. The first kappa shape index (κ1) is 22.2. The number of aromatic nitrogens is 3. The summed E-state index contributed by atoms with van der Waals surface area (Å²) in [5.41, 5.74) is 2.54. The number of rotatable bonds is 4. The largest absolute Gasteiger partial charge is 0.439 e. The molecule has 0 radical (unpaired) electrons. The molecule has 0 aliphatic heterocycles. The van der Waals surface area contributed by atoms with Crippen molar-refractivity contribution in [2.75, 3.05) is 0 Å². The first-order valence-electron chi connectivity index (χ1n) is 10.1. The van der Waals surface area contributed by atoms with Gasteiger partial charge in [0.15, 0.2) is 0 Å². The number of hydrogen-bond donors (Lipinski definition) is 1. The Hall–Kier alpha value is -3.12. The van der Waals surface area contributed by atoms with Crippen LogP contribution in [0.15, 0.2) is 72.9 Å². The van der Waals surface area contributed by atoms with Gasteiger partial charge < -0.3 is 9.76 Å². The molecule has 0 aliphatic rings. The second kappa shape index (κ2) is 11.0. The molecule has 4 aromatic rings. The van der Waals surface area contributed by atoms with E-state index in [0.29, 0.717) is 11.6 Å². The van der Waals surface area contributed by atoms with Crippen molar-refractivity contribution in [3.8, 4) is 22.9 Å². The lowest BCUT2D eigenvalue weighted by Crippen LogP contribution is -2.20. The van der Waals surface area contributed by atoms with Gasteiger partial charge in [0.25, 0.3) is 0 Å². The molecule has 6 heteroatoms. The Balaban J connectivity index is 0.000000707. The fourth-order valence-corrected chi connectivity index (χ4v) is 2.77. The molecular weight excluding hydrogens is 361 g/mol. The van der Waals surface area contributed by atoms with Gasteiger partial charge in [-0.05, 0) is 19.0 Å². The normalized spacial score (nSPS) is 9.72. The van der Waals surface area contributed by atoms with Gasteiger partial charge in [0.05, 0.1) is 5.52 Å². The molecule has 0 spiro atoms. The predicted molar refractivity (Wildman–Crippen MR) is 121 cm³/mol. The second-order valence-corrected chi connectivity index (χ2v) is 5.75. The molecule has 0 atom stereocenters. The Morgan fingerprint density at radius 3 is 2.07 bits per heavy atom. The van der Waals surface area contributed by atoms with Crippen LogP contribution in [0, 0.1) is 0 Å². The van der Waals surface area contributed by atoms with E-state index < -0.39 is 7.05 Å². The van der Waals surface area contributed by atoms with Crippen molar-refractivity contribution in [3.63, 3.8) is 0 Å². The van der Waals surface area contributed by atoms with Gasteiger partial charge in [0.1, 0.15) is 11.4 Å². The van der Waals surface area contributed by atoms with Crippen LogP contribution in [-0.4, -0.2) is 26.7 Å². The van der Waals surface area contributed by atoms with E-state index in [1.54, 1.807) is 23.7 Å². The van der Waals surface area contributed by atoms with E-state index in [0.717, 1.165) is 22.2 Å². The molecule has 1 N–H and O–H groups in total. The van der Waals surface area contributed by atoms with Crippen LogP contribution in [0.1, 0.15) is 27.7 Å². The van der Waals surface area contributed by atoms with Gasteiger partial charge in [-0.3, -0.25) is 4.59 Å². The molecular formula is C23H28BN3O2. The van der Waals surface area contributed by atoms with Gasteiger partial charge >= 0.3 is 7.05 Å². The molecule has 0 bridgehead atoms. The van der Waals surface area contributed by atoms with Gasteiger partial charge in [-0.25, -0.2) is 4.98 Å². The molecule has 0 unspecified atom stereocenters. The predicted octanol–water partition coefficient (Wildman–Crippen LogP) is 5.90. The lowest BCUT2D eigenvalue weighted by molar-refractivity contribution is 0.464. The average Bonchev–Trinajstić information content (AvgIpc) is 3.17. The van der Waals surface area contributed by atoms with Gasteiger partial charge in [0.2, 0.25) is 5.88 Å². The highest BCUT2D eigenvalue weighted by Crippen LogP contribution is 2.30. The Bertz CT molecular complexity index is 1000. The minimum atomic E-state index is -0.757. The summed E-state index contributed by atoms with van der Waals surface area (Å²) in [5, 5.41) is 15.5. The molecule has 0 fully saturated rings. The van der Waals surface area contributed by atoms with Gasteiger partial charge in [0, 0.05) is 23.2 Å². The van der Waals surface area contributed by atoms with Crippen LogP contribution < -0.4 is 4.74 Å². The number of fused-ring (bicyclic) bond motifs is 1.